The number of rotatable bonds is 3. The van der Waals surface area contributed by atoms with E-state index in [1.165, 1.54) is 0 Å². The Morgan fingerprint density at radius 3 is 2.73 bits per heavy atom. The smallest absolute Gasteiger partial charge is 0.246 e. The molecule has 0 aromatic rings. The van der Waals surface area contributed by atoms with Crippen LogP contribution in [0.5, 0.6) is 0 Å². The average Bonchev–Trinajstić information content (AvgIpc) is 2.25. The summed E-state index contributed by atoms with van der Waals surface area (Å²) in [6.45, 7) is 4.25. The van der Waals surface area contributed by atoms with E-state index in [0.29, 0.717) is 12.0 Å². The van der Waals surface area contributed by atoms with E-state index in [2.05, 4.69) is 19.1 Å². The Hall–Kier alpha value is -1.05. The van der Waals surface area contributed by atoms with Crippen molar-refractivity contribution < 1.29 is 4.79 Å². The molecule has 84 valence electrons. The molecule has 2 atom stereocenters. The minimum atomic E-state index is 0.129. The highest BCUT2D eigenvalue weighted by atomic mass is 16.2. The number of likely N-dealkylation sites (N-methyl/N-ethyl adjacent to an activating group) is 1. The first-order chi connectivity index (χ1) is 7.16. The average molecular weight is 207 g/mol. The molecule has 1 unspecified atom stereocenters. The van der Waals surface area contributed by atoms with Crippen LogP contribution in [0.25, 0.3) is 0 Å². The summed E-state index contributed by atoms with van der Waals surface area (Å²) in [5, 5.41) is 0. The van der Waals surface area contributed by atoms with E-state index < -0.39 is 0 Å². The van der Waals surface area contributed by atoms with E-state index in [4.69, 9.17) is 0 Å². The third-order valence-electron chi connectivity index (χ3n) is 3.05. The number of allylic oxidation sites excluding steroid dienone is 2. The molecule has 2 nitrogen and oxygen atoms in total. The van der Waals surface area contributed by atoms with E-state index in [9.17, 15) is 4.79 Å². The Balaban J connectivity index is 2.58. The lowest BCUT2D eigenvalue weighted by atomic mass is 9.90. The molecule has 0 heterocycles. The maximum Gasteiger partial charge on any atom is 0.246 e. The van der Waals surface area contributed by atoms with Crippen molar-refractivity contribution in [1.82, 2.24) is 4.90 Å². The van der Waals surface area contributed by atoms with Crippen LogP contribution in [0.3, 0.4) is 0 Å². The van der Waals surface area contributed by atoms with Crippen LogP contribution >= 0.6 is 0 Å². The second-order valence-electron chi connectivity index (χ2n) is 4.25. The van der Waals surface area contributed by atoms with Gasteiger partial charge in [-0.2, -0.15) is 0 Å². The first-order valence-corrected chi connectivity index (χ1v) is 5.75. The van der Waals surface area contributed by atoms with Gasteiger partial charge in [0.2, 0.25) is 5.91 Å². The van der Waals surface area contributed by atoms with Crippen molar-refractivity contribution in [2.24, 2.45) is 5.92 Å². The van der Waals surface area contributed by atoms with Crippen LogP contribution in [0.4, 0.5) is 0 Å². The SMILES string of the molecule is CC/C=C\C(=O)N(C)[C@@H]1CC=CCC1C. The van der Waals surface area contributed by atoms with E-state index in [1.54, 1.807) is 6.08 Å². The van der Waals surface area contributed by atoms with Gasteiger partial charge in [0.05, 0.1) is 0 Å². The van der Waals surface area contributed by atoms with Gasteiger partial charge >= 0.3 is 0 Å². The van der Waals surface area contributed by atoms with Crippen molar-refractivity contribution in [1.29, 1.82) is 0 Å². The van der Waals surface area contributed by atoms with E-state index in [-0.39, 0.29) is 5.91 Å². The summed E-state index contributed by atoms with van der Waals surface area (Å²) in [6, 6.07) is 0.365. The zero-order chi connectivity index (χ0) is 11.3. The number of hydrogen-bond donors (Lipinski definition) is 0. The molecule has 1 aliphatic rings. The number of carbonyl (C=O) groups is 1. The van der Waals surface area contributed by atoms with Crippen LogP contribution in [0.1, 0.15) is 33.1 Å². The van der Waals surface area contributed by atoms with Crippen molar-refractivity contribution in [3.63, 3.8) is 0 Å². The van der Waals surface area contributed by atoms with E-state index >= 15 is 0 Å². The lowest BCUT2D eigenvalue weighted by molar-refractivity contribution is -0.127. The molecule has 0 saturated carbocycles. The maximum atomic E-state index is 11.8. The normalized spacial score (nSPS) is 25.8. The predicted octanol–water partition coefficient (Wildman–Crippen LogP) is 2.77. The van der Waals surface area contributed by atoms with Crippen LogP contribution in [-0.2, 0) is 4.79 Å². The molecule has 0 saturated heterocycles. The molecule has 1 aliphatic carbocycles. The fourth-order valence-corrected chi connectivity index (χ4v) is 1.98. The molecule has 2 heteroatoms. The Labute approximate surface area is 92.7 Å². The minimum absolute atomic E-state index is 0.129. The summed E-state index contributed by atoms with van der Waals surface area (Å²) in [7, 11) is 1.91. The summed E-state index contributed by atoms with van der Waals surface area (Å²) in [5.41, 5.74) is 0. The number of nitrogens with zero attached hydrogens (tertiary/aromatic N) is 1. The first-order valence-electron chi connectivity index (χ1n) is 5.75. The van der Waals surface area contributed by atoms with Crippen LogP contribution in [0, 0.1) is 5.92 Å². The molecule has 1 rings (SSSR count). The largest absolute Gasteiger partial charge is 0.339 e. The molecule has 15 heavy (non-hydrogen) atoms. The highest BCUT2D eigenvalue weighted by Crippen LogP contribution is 2.22. The monoisotopic (exact) mass is 207 g/mol. The fourth-order valence-electron chi connectivity index (χ4n) is 1.98. The van der Waals surface area contributed by atoms with Crippen LogP contribution in [0.15, 0.2) is 24.3 Å². The number of hydrogen-bond acceptors (Lipinski definition) is 1. The van der Waals surface area contributed by atoms with Gasteiger partial charge in [-0.3, -0.25) is 4.79 Å². The molecular weight excluding hydrogens is 186 g/mol. The van der Waals surface area contributed by atoms with Gasteiger partial charge in [0.1, 0.15) is 0 Å². The summed E-state index contributed by atoms with van der Waals surface area (Å²) in [4.78, 5) is 13.6. The van der Waals surface area contributed by atoms with Gasteiger partial charge in [0.25, 0.3) is 0 Å². The summed E-state index contributed by atoms with van der Waals surface area (Å²) in [6.07, 6.45) is 11.0. The number of amides is 1. The van der Waals surface area contributed by atoms with Gasteiger partial charge in [-0.15, -0.1) is 0 Å². The summed E-state index contributed by atoms with van der Waals surface area (Å²) < 4.78 is 0. The van der Waals surface area contributed by atoms with Crippen molar-refractivity contribution in [3.05, 3.63) is 24.3 Å². The molecule has 0 radical (unpaired) electrons. The van der Waals surface area contributed by atoms with Crippen LogP contribution in [-0.4, -0.2) is 23.9 Å². The maximum absolute atomic E-state index is 11.8. The molecule has 0 aromatic carbocycles. The Bertz CT molecular complexity index is 268. The Morgan fingerprint density at radius 2 is 2.13 bits per heavy atom. The topological polar surface area (TPSA) is 20.3 Å². The van der Waals surface area contributed by atoms with Crippen LogP contribution < -0.4 is 0 Å². The molecule has 0 aliphatic heterocycles. The van der Waals surface area contributed by atoms with Gasteiger partial charge in [-0.05, 0) is 31.3 Å². The highest BCUT2D eigenvalue weighted by molar-refractivity contribution is 5.87. The van der Waals surface area contributed by atoms with Crippen molar-refractivity contribution >= 4 is 5.91 Å². The fraction of sp³-hybridized carbons (Fsp3) is 0.615. The molecule has 0 fully saturated rings. The van der Waals surface area contributed by atoms with Gasteiger partial charge < -0.3 is 4.90 Å². The Kier molecular flexibility index (Phi) is 4.60. The second-order valence-corrected chi connectivity index (χ2v) is 4.25. The zero-order valence-electron chi connectivity index (χ0n) is 9.94. The molecule has 0 aromatic heterocycles. The summed E-state index contributed by atoms with van der Waals surface area (Å²) in [5.74, 6) is 0.697. The predicted molar refractivity (Wildman–Crippen MR) is 63.5 cm³/mol. The zero-order valence-corrected chi connectivity index (χ0v) is 9.94. The molecule has 0 spiro atoms. The van der Waals surface area contributed by atoms with Crippen molar-refractivity contribution in [3.8, 4) is 0 Å². The minimum Gasteiger partial charge on any atom is -0.339 e. The quantitative estimate of drug-likeness (QED) is 0.515. The first kappa shape index (κ1) is 12.0. The highest BCUT2D eigenvalue weighted by Gasteiger charge is 2.24. The Morgan fingerprint density at radius 1 is 1.47 bits per heavy atom. The van der Waals surface area contributed by atoms with Crippen molar-refractivity contribution in [2.45, 2.75) is 39.2 Å². The summed E-state index contributed by atoms with van der Waals surface area (Å²) >= 11 is 0. The van der Waals surface area contributed by atoms with Gasteiger partial charge in [-0.25, -0.2) is 0 Å². The third kappa shape index (κ3) is 3.22. The third-order valence-corrected chi connectivity index (χ3v) is 3.05. The van der Waals surface area contributed by atoms with Gasteiger partial charge in [-0.1, -0.05) is 32.1 Å². The second kappa shape index (κ2) is 5.74. The molecule has 0 N–H and O–H groups in total. The van der Waals surface area contributed by atoms with Gasteiger partial charge in [0, 0.05) is 13.1 Å². The molecule has 1 amide bonds. The van der Waals surface area contributed by atoms with E-state index in [1.807, 2.05) is 24.9 Å². The number of carbonyl (C=O) groups excluding carboxylic acids is 1. The standard InChI is InChI=1S/C13H21NO/c1-4-5-10-13(15)14(3)12-9-7-6-8-11(12)2/h5-7,10-12H,4,8-9H2,1-3H3/b10-5-/t11?,12-/m1/s1. The van der Waals surface area contributed by atoms with Crippen LogP contribution in [0.2, 0.25) is 0 Å². The van der Waals surface area contributed by atoms with E-state index in [0.717, 1.165) is 19.3 Å². The van der Waals surface area contributed by atoms with Gasteiger partial charge in [0.15, 0.2) is 0 Å². The lowest BCUT2D eigenvalue weighted by Gasteiger charge is -2.33. The lowest BCUT2D eigenvalue weighted by Crippen LogP contribution is -2.40. The van der Waals surface area contributed by atoms with Crippen molar-refractivity contribution in [2.75, 3.05) is 7.05 Å². The molecule has 0 bridgehead atoms. The molecular formula is C13H21NO.